The van der Waals surface area contributed by atoms with E-state index in [0.29, 0.717) is 6.47 Å². The molecule has 0 amide bonds. The molecule has 0 fully saturated rings. The number of hydrogen-bond acceptors (Lipinski definition) is 2. The van der Waals surface area contributed by atoms with E-state index in [9.17, 15) is 0 Å². The average molecular weight is 152 g/mol. The van der Waals surface area contributed by atoms with Gasteiger partial charge in [-0.1, -0.05) is 7.43 Å². The molecule has 0 aliphatic carbocycles. The molecule has 0 heterocycles. The quantitative estimate of drug-likeness (QED) is 0.407. The molecule has 0 bridgehead atoms. The summed E-state index contributed by atoms with van der Waals surface area (Å²) >= 11 is 0. The summed E-state index contributed by atoms with van der Waals surface area (Å²) in [5, 5.41) is 14.2. The van der Waals surface area contributed by atoms with Crippen molar-refractivity contribution in [3.05, 3.63) is 13.2 Å². The van der Waals surface area contributed by atoms with Gasteiger partial charge in [-0.25, -0.2) is 5.11 Å². The van der Waals surface area contributed by atoms with Crippen molar-refractivity contribution in [2.45, 2.75) is 14.4 Å². The summed E-state index contributed by atoms with van der Waals surface area (Å²) in [6, 6.07) is 0. The first-order chi connectivity index (χ1) is 4.15. The molecular weight excluding hydrogens is 136 g/mol. The fourth-order valence-corrected chi connectivity index (χ4v) is 0. The topological polar surface area (TPSA) is 74.6 Å². The van der Waals surface area contributed by atoms with Crippen molar-refractivity contribution in [1.82, 2.24) is 0 Å². The van der Waals surface area contributed by atoms with Gasteiger partial charge in [0.2, 0.25) is 0 Å². The van der Waals surface area contributed by atoms with Crippen LogP contribution in [0.4, 0.5) is 0 Å². The molecule has 2 N–H and O–H groups in total. The van der Waals surface area contributed by atoms with Gasteiger partial charge in [0, 0.05) is 8.35 Å². The predicted octanol–water partition coefficient (Wildman–Crippen LogP) is 1.50. The van der Waals surface area contributed by atoms with Crippen LogP contribution in [0, 0.1) is 0 Å². The van der Waals surface area contributed by atoms with E-state index < -0.39 is 5.97 Å². The SMILES string of the molecule is C.C=C.CC(=O)O.O=[C+]O.[H+].[HH]. The molecule has 0 rings (SSSR count). The molecule has 10 heavy (non-hydrogen) atoms. The predicted molar refractivity (Wildman–Crippen MR) is 42.8 cm³/mol. The van der Waals surface area contributed by atoms with E-state index in [-0.39, 0.29) is 10.3 Å². The van der Waals surface area contributed by atoms with Crippen molar-refractivity contribution >= 4 is 12.4 Å². The molecule has 0 saturated heterocycles. The van der Waals surface area contributed by atoms with E-state index >= 15 is 0 Å². The maximum atomic E-state index is 9.00. The van der Waals surface area contributed by atoms with E-state index in [0.717, 1.165) is 6.92 Å². The Morgan fingerprint density at radius 2 is 1.70 bits per heavy atom. The first-order valence-electron chi connectivity index (χ1n) is 1.86. The molecule has 0 aliphatic heterocycles. The van der Waals surface area contributed by atoms with Crippen molar-refractivity contribution in [2.75, 3.05) is 0 Å². The summed E-state index contributed by atoms with van der Waals surface area (Å²) in [6.45, 7) is 7.58. The Morgan fingerprint density at radius 1 is 1.70 bits per heavy atom. The van der Waals surface area contributed by atoms with Gasteiger partial charge in [-0.2, -0.15) is 0 Å². The summed E-state index contributed by atoms with van der Waals surface area (Å²) in [5.41, 5.74) is 0. The van der Waals surface area contributed by atoms with Crippen LogP contribution in [0.15, 0.2) is 13.2 Å². The number of carbonyl (C=O) groups is 1. The second kappa shape index (κ2) is 49.1. The standard InChI is InChI=1S/C2H4O2.C2H4.CHO2.CH4.H2/c1-2(3)4;1-2;2-1-3;;/h1H3,(H,3,4);1-2H2;(H,2,3);1H4;1H/q;;+1;;/p+1. The Balaban J connectivity index is -0.0000000105. The molecule has 0 unspecified atom stereocenters. The van der Waals surface area contributed by atoms with Gasteiger partial charge in [0.1, 0.15) is 0 Å². The number of carboxylic acids is 1. The van der Waals surface area contributed by atoms with Gasteiger partial charge in [-0.3, -0.25) is 4.79 Å². The van der Waals surface area contributed by atoms with Crippen LogP contribution in [0.2, 0.25) is 0 Å². The van der Waals surface area contributed by atoms with Crippen LogP contribution in [-0.2, 0) is 9.59 Å². The largest absolute Gasteiger partial charge is 1.00 e. The Hall–Kier alpha value is -1.41. The number of aliphatic hydroxyl groups excluding tert-OH is 1. The Morgan fingerprint density at radius 3 is 1.70 bits per heavy atom. The molecule has 4 heteroatoms. The lowest BCUT2D eigenvalue weighted by Gasteiger charge is -1.59. The highest BCUT2D eigenvalue weighted by Crippen LogP contribution is 1.42. The van der Waals surface area contributed by atoms with Gasteiger partial charge in [0.05, 0.1) is 4.79 Å². The zero-order valence-corrected chi connectivity index (χ0v) is 5.13. The normalized spacial score (nSPS) is 3.70. The van der Waals surface area contributed by atoms with E-state index in [1.54, 1.807) is 0 Å². The summed E-state index contributed by atoms with van der Waals surface area (Å²) in [6.07, 6.45) is 0. The fourth-order valence-electron chi connectivity index (χ4n) is 0. The molecule has 62 valence electrons. The second-order valence-electron chi connectivity index (χ2n) is 0.610. The van der Waals surface area contributed by atoms with E-state index in [1.165, 1.54) is 0 Å². The van der Waals surface area contributed by atoms with E-state index in [1.807, 2.05) is 0 Å². The van der Waals surface area contributed by atoms with E-state index in [2.05, 4.69) is 13.2 Å². The van der Waals surface area contributed by atoms with E-state index in [4.69, 9.17) is 19.8 Å². The minimum absolute atomic E-state index is 0. The summed E-state index contributed by atoms with van der Waals surface area (Å²) < 4.78 is 0. The molecule has 0 aromatic carbocycles. The Kier molecular flexibility index (Phi) is 115. The van der Waals surface area contributed by atoms with Crippen LogP contribution in [0.5, 0.6) is 0 Å². The van der Waals surface area contributed by atoms with Crippen molar-refractivity contribution in [3.63, 3.8) is 0 Å². The van der Waals surface area contributed by atoms with Crippen LogP contribution in [0.25, 0.3) is 0 Å². The molecule has 0 aromatic rings. The third-order valence-corrected chi connectivity index (χ3v) is 0. The smallest absolute Gasteiger partial charge is 0.481 e. The molecule has 0 spiro atoms. The third kappa shape index (κ3) is 104. The number of aliphatic carboxylic acids is 1. The zero-order valence-electron chi connectivity index (χ0n) is 6.13. The lowest BCUT2D eigenvalue weighted by molar-refractivity contribution is -0.134. The van der Waals surface area contributed by atoms with Gasteiger partial charge in [0.15, 0.2) is 0 Å². The monoisotopic (exact) mass is 152 g/mol. The molecular formula is C6H16O4+2. The maximum absolute atomic E-state index is 9.00. The highest BCUT2D eigenvalue weighted by molar-refractivity contribution is 5.62. The van der Waals surface area contributed by atoms with Gasteiger partial charge < -0.3 is 5.11 Å². The van der Waals surface area contributed by atoms with Crippen molar-refractivity contribution in [1.29, 1.82) is 0 Å². The Labute approximate surface area is 63.8 Å². The minimum Gasteiger partial charge on any atom is -0.481 e. The molecule has 0 aliphatic rings. The third-order valence-electron chi connectivity index (χ3n) is 0. The number of hydrogen-bond donors (Lipinski definition) is 2. The average Bonchev–Trinajstić information content (AvgIpc) is 1.71. The van der Waals surface area contributed by atoms with Gasteiger partial charge in [-0.15, -0.1) is 13.2 Å². The lowest BCUT2D eigenvalue weighted by Crippen LogP contribution is -1.78. The molecule has 0 atom stereocenters. The Bertz CT molecular complexity index is 73.9. The lowest BCUT2D eigenvalue weighted by atomic mass is 10.9. The van der Waals surface area contributed by atoms with Crippen LogP contribution in [0.1, 0.15) is 17.2 Å². The second-order valence-corrected chi connectivity index (χ2v) is 0.610. The van der Waals surface area contributed by atoms with Crippen LogP contribution < -0.4 is 0 Å². The number of carboxylic acid groups (broad SMARTS) is 1. The summed E-state index contributed by atoms with van der Waals surface area (Å²) in [4.78, 5) is 17.2. The zero-order chi connectivity index (χ0) is 8.28. The first-order valence-corrected chi connectivity index (χ1v) is 1.86. The molecule has 0 aromatic heterocycles. The fraction of sp³-hybridized carbons (Fsp3) is 0.333. The summed E-state index contributed by atoms with van der Waals surface area (Å²) in [5.74, 6) is -0.833. The van der Waals surface area contributed by atoms with Gasteiger partial charge in [-0.05, 0) is 0 Å². The molecule has 4 nitrogen and oxygen atoms in total. The molecule has 0 saturated carbocycles. The number of rotatable bonds is 0. The summed E-state index contributed by atoms with van der Waals surface area (Å²) in [7, 11) is 0. The van der Waals surface area contributed by atoms with Crippen LogP contribution >= 0.6 is 0 Å². The van der Waals surface area contributed by atoms with Crippen molar-refractivity contribution in [3.8, 4) is 0 Å². The van der Waals surface area contributed by atoms with Gasteiger partial charge in [0.25, 0.3) is 5.97 Å². The van der Waals surface area contributed by atoms with Crippen LogP contribution in [0.3, 0.4) is 0 Å². The highest BCUT2D eigenvalue weighted by Gasteiger charge is 1.65. The maximum Gasteiger partial charge on any atom is 1.00 e. The first kappa shape index (κ1) is 23.5. The molecule has 0 radical (unpaired) electrons. The van der Waals surface area contributed by atoms with Crippen LogP contribution in [-0.4, -0.2) is 22.7 Å². The van der Waals surface area contributed by atoms with Gasteiger partial charge >= 0.3 is 7.90 Å². The van der Waals surface area contributed by atoms with Crippen molar-refractivity contribution < 1.29 is 22.7 Å². The minimum atomic E-state index is -0.833. The highest BCUT2D eigenvalue weighted by atomic mass is 16.4. The van der Waals surface area contributed by atoms with Crippen molar-refractivity contribution in [2.24, 2.45) is 0 Å².